The van der Waals surface area contributed by atoms with Crippen LogP contribution in [-0.2, 0) is 0 Å². The monoisotopic (exact) mass is 300 g/mol. The molecule has 1 aromatic heterocycles. The highest BCUT2D eigenvalue weighted by molar-refractivity contribution is 9.10. The van der Waals surface area contributed by atoms with Crippen LogP contribution in [0.1, 0.15) is 33.6 Å². The zero-order valence-electron chi connectivity index (χ0n) is 11.0. The molecular formula is C12H21BrN4. The van der Waals surface area contributed by atoms with Gasteiger partial charge in [-0.15, -0.1) is 0 Å². The molecule has 0 saturated heterocycles. The van der Waals surface area contributed by atoms with Gasteiger partial charge in [0.15, 0.2) is 0 Å². The van der Waals surface area contributed by atoms with E-state index in [-0.39, 0.29) is 0 Å². The van der Waals surface area contributed by atoms with E-state index in [2.05, 4.69) is 63.9 Å². The zero-order valence-corrected chi connectivity index (χ0v) is 12.6. The molecular weight excluding hydrogens is 280 g/mol. The summed E-state index contributed by atoms with van der Waals surface area (Å²) in [5, 5.41) is 3.22. The second-order valence-electron chi connectivity index (χ2n) is 4.14. The third-order valence-corrected chi connectivity index (χ3v) is 3.55. The Hall–Kier alpha value is -0.840. The zero-order chi connectivity index (χ0) is 12.8. The molecule has 1 N–H and O–H groups in total. The molecule has 4 nitrogen and oxygen atoms in total. The number of halogens is 1. The maximum absolute atomic E-state index is 4.35. The number of hydrogen-bond acceptors (Lipinski definition) is 4. The summed E-state index contributed by atoms with van der Waals surface area (Å²) in [6.45, 7) is 7.31. The molecule has 1 heterocycles. The van der Waals surface area contributed by atoms with E-state index >= 15 is 0 Å². The lowest BCUT2D eigenvalue weighted by molar-refractivity contribution is 0.610. The Morgan fingerprint density at radius 3 is 2.71 bits per heavy atom. The van der Waals surface area contributed by atoms with Crippen LogP contribution in [0.25, 0.3) is 0 Å². The Morgan fingerprint density at radius 1 is 1.41 bits per heavy atom. The molecule has 17 heavy (non-hydrogen) atoms. The van der Waals surface area contributed by atoms with E-state index in [1.165, 1.54) is 6.42 Å². The molecule has 0 aliphatic heterocycles. The van der Waals surface area contributed by atoms with Crippen LogP contribution in [0.15, 0.2) is 10.8 Å². The minimum Gasteiger partial charge on any atom is -0.369 e. The molecule has 5 heteroatoms. The fourth-order valence-corrected chi connectivity index (χ4v) is 2.34. The van der Waals surface area contributed by atoms with Crippen molar-refractivity contribution >= 4 is 27.6 Å². The van der Waals surface area contributed by atoms with Gasteiger partial charge in [-0.2, -0.15) is 0 Å². The molecule has 0 radical (unpaired) electrons. The average Bonchev–Trinajstić information content (AvgIpc) is 2.31. The Labute approximate surface area is 112 Å². The molecule has 1 aromatic rings. The Kier molecular flexibility index (Phi) is 5.68. The number of anilines is 2. The van der Waals surface area contributed by atoms with Crippen molar-refractivity contribution < 1.29 is 0 Å². The standard InChI is InChI=1S/C12H21BrN4/c1-5-7-9(3)17(4)12-10(13)11(14-6-2)15-8-16-12/h8-9H,5-7H2,1-4H3,(H,14,15,16). The van der Waals surface area contributed by atoms with Crippen molar-refractivity contribution in [2.45, 2.75) is 39.7 Å². The molecule has 0 bridgehead atoms. The number of hydrogen-bond donors (Lipinski definition) is 1. The first-order chi connectivity index (χ1) is 8.11. The summed E-state index contributed by atoms with van der Waals surface area (Å²) in [7, 11) is 2.07. The van der Waals surface area contributed by atoms with E-state index in [0.29, 0.717) is 6.04 Å². The van der Waals surface area contributed by atoms with Crippen molar-refractivity contribution in [1.29, 1.82) is 0 Å². The minimum atomic E-state index is 0.473. The topological polar surface area (TPSA) is 41.1 Å². The van der Waals surface area contributed by atoms with Gasteiger partial charge in [0, 0.05) is 19.6 Å². The third kappa shape index (κ3) is 3.56. The first-order valence-electron chi connectivity index (χ1n) is 6.08. The molecule has 0 saturated carbocycles. The highest BCUT2D eigenvalue weighted by Crippen LogP contribution is 2.30. The van der Waals surface area contributed by atoms with E-state index in [1.807, 2.05) is 0 Å². The Morgan fingerprint density at radius 2 is 2.12 bits per heavy atom. The van der Waals surface area contributed by atoms with Gasteiger partial charge in [0.05, 0.1) is 0 Å². The Balaban J connectivity index is 2.93. The van der Waals surface area contributed by atoms with Gasteiger partial charge in [0.25, 0.3) is 0 Å². The van der Waals surface area contributed by atoms with Gasteiger partial charge in [-0.1, -0.05) is 13.3 Å². The van der Waals surface area contributed by atoms with Crippen LogP contribution < -0.4 is 10.2 Å². The maximum Gasteiger partial charge on any atom is 0.148 e. The number of rotatable bonds is 6. The van der Waals surface area contributed by atoms with Gasteiger partial charge >= 0.3 is 0 Å². The minimum absolute atomic E-state index is 0.473. The summed E-state index contributed by atoms with van der Waals surface area (Å²) in [4.78, 5) is 10.8. The summed E-state index contributed by atoms with van der Waals surface area (Å²) in [6, 6.07) is 0.473. The van der Waals surface area contributed by atoms with Crippen molar-refractivity contribution in [1.82, 2.24) is 9.97 Å². The lowest BCUT2D eigenvalue weighted by atomic mass is 10.2. The second-order valence-corrected chi connectivity index (χ2v) is 4.93. The van der Waals surface area contributed by atoms with Crippen LogP contribution in [0.3, 0.4) is 0 Å². The lowest BCUT2D eigenvalue weighted by Gasteiger charge is -2.26. The van der Waals surface area contributed by atoms with Crippen molar-refractivity contribution in [2.75, 3.05) is 23.8 Å². The van der Waals surface area contributed by atoms with Gasteiger partial charge < -0.3 is 10.2 Å². The van der Waals surface area contributed by atoms with Crippen LogP contribution in [0.4, 0.5) is 11.6 Å². The van der Waals surface area contributed by atoms with E-state index in [9.17, 15) is 0 Å². The van der Waals surface area contributed by atoms with Gasteiger partial charge in [-0.3, -0.25) is 0 Å². The predicted octanol–water partition coefficient (Wildman–Crippen LogP) is 3.30. The molecule has 0 aliphatic rings. The fraction of sp³-hybridized carbons (Fsp3) is 0.667. The van der Waals surface area contributed by atoms with Crippen LogP contribution >= 0.6 is 15.9 Å². The molecule has 96 valence electrons. The summed E-state index contributed by atoms with van der Waals surface area (Å²) in [5.74, 6) is 1.80. The first-order valence-corrected chi connectivity index (χ1v) is 6.88. The fourth-order valence-electron chi connectivity index (χ4n) is 1.72. The van der Waals surface area contributed by atoms with Gasteiger partial charge in [0.1, 0.15) is 22.4 Å². The second kappa shape index (κ2) is 6.79. The van der Waals surface area contributed by atoms with Crippen molar-refractivity contribution in [2.24, 2.45) is 0 Å². The molecule has 1 rings (SSSR count). The molecule has 0 amide bonds. The number of nitrogens with one attached hydrogen (secondary N) is 1. The lowest BCUT2D eigenvalue weighted by Crippen LogP contribution is -2.30. The molecule has 0 aromatic carbocycles. The normalized spacial score (nSPS) is 12.3. The molecule has 0 spiro atoms. The largest absolute Gasteiger partial charge is 0.369 e. The number of nitrogens with zero attached hydrogens (tertiary/aromatic N) is 3. The molecule has 0 fully saturated rings. The summed E-state index contributed by atoms with van der Waals surface area (Å²) >= 11 is 3.57. The predicted molar refractivity (Wildman–Crippen MR) is 76.7 cm³/mol. The first kappa shape index (κ1) is 14.2. The molecule has 1 unspecified atom stereocenters. The quantitative estimate of drug-likeness (QED) is 0.875. The highest BCUT2D eigenvalue weighted by atomic mass is 79.9. The number of aromatic nitrogens is 2. The third-order valence-electron chi connectivity index (χ3n) is 2.82. The van der Waals surface area contributed by atoms with Gasteiger partial charge in [0.2, 0.25) is 0 Å². The summed E-state index contributed by atoms with van der Waals surface area (Å²) < 4.78 is 0.937. The highest BCUT2D eigenvalue weighted by Gasteiger charge is 2.16. The van der Waals surface area contributed by atoms with E-state index in [1.54, 1.807) is 6.33 Å². The van der Waals surface area contributed by atoms with Crippen molar-refractivity contribution in [3.8, 4) is 0 Å². The van der Waals surface area contributed by atoms with Gasteiger partial charge in [-0.25, -0.2) is 9.97 Å². The van der Waals surface area contributed by atoms with Crippen LogP contribution in [-0.4, -0.2) is 29.6 Å². The van der Waals surface area contributed by atoms with Gasteiger partial charge in [-0.05, 0) is 36.2 Å². The van der Waals surface area contributed by atoms with Crippen LogP contribution in [0, 0.1) is 0 Å². The van der Waals surface area contributed by atoms with Crippen molar-refractivity contribution in [3.63, 3.8) is 0 Å². The average molecular weight is 301 g/mol. The summed E-state index contributed by atoms with van der Waals surface area (Å²) in [6.07, 6.45) is 3.94. The SMILES string of the molecule is CCCC(C)N(C)c1ncnc(NCC)c1Br. The van der Waals surface area contributed by atoms with Crippen LogP contribution in [0.2, 0.25) is 0 Å². The van der Waals surface area contributed by atoms with E-state index in [4.69, 9.17) is 0 Å². The smallest absolute Gasteiger partial charge is 0.148 e. The van der Waals surface area contributed by atoms with E-state index < -0.39 is 0 Å². The van der Waals surface area contributed by atoms with E-state index in [0.717, 1.165) is 29.1 Å². The maximum atomic E-state index is 4.35. The molecule has 1 atom stereocenters. The van der Waals surface area contributed by atoms with Crippen molar-refractivity contribution in [3.05, 3.63) is 10.8 Å². The molecule has 0 aliphatic carbocycles. The Bertz CT molecular complexity index is 356. The summed E-state index contributed by atoms with van der Waals surface area (Å²) in [5.41, 5.74) is 0. The van der Waals surface area contributed by atoms with Crippen LogP contribution in [0.5, 0.6) is 0 Å².